The summed E-state index contributed by atoms with van der Waals surface area (Å²) in [6.07, 6.45) is 5.03. The van der Waals surface area contributed by atoms with E-state index >= 15 is 0 Å². The fourth-order valence-corrected chi connectivity index (χ4v) is 7.11. The standard InChI is InChI=1S/C40H28N4/c1-40(26-42)23-27(20-28(24-40)25-41)21-29-10-2-6-14-35(29)44-38-17-9-5-13-33(38)34-22-30(18-19-39(34)44)43-36-15-7-3-11-31(36)32-12-4-8-16-37(32)43/h2-20,22,24H,21,23H2,1H3. The number of fused-ring (bicyclic) bond motifs is 6. The lowest BCUT2D eigenvalue weighted by atomic mass is 9.77. The van der Waals surface area contributed by atoms with Gasteiger partial charge in [-0.2, -0.15) is 10.5 Å². The zero-order valence-electron chi connectivity index (χ0n) is 24.3. The Labute approximate surface area is 255 Å². The van der Waals surface area contributed by atoms with Crippen molar-refractivity contribution in [2.75, 3.05) is 0 Å². The molecule has 2 aromatic heterocycles. The van der Waals surface area contributed by atoms with Crippen LogP contribution in [0.3, 0.4) is 0 Å². The molecule has 7 aromatic rings. The molecule has 1 atom stereocenters. The third-order valence-corrected chi connectivity index (χ3v) is 8.96. The maximum absolute atomic E-state index is 9.86. The highest BCUT2D eigenvalue weighted by Crippen LogP contribution is 2.39. The second kappa shape index (κ2) is 9.87. The summed E-state index contributed by atoms with van der Waals surface area (Å²) in [5.41, 5.74) is 9.04. The van der Waals surface area contributed by atoms with Gasteiger partial charge < -0.3 is 9.13 Å². The van der Waals surface area contributed by atoms with Gasteiger partial charge in [0.15, 0.2) is 0 Å². The molecule has 0 spiro atoms. The van der Waals surface area contributed by atoms with E-state index in [0.717, 1.165) is 33.5 Å². The van der Waals surface area contributed by atoms with Crippen LogP contribution in [0.1, 0.15) is 18.9 Å². The van der Waals surface area contributed by atoms with Crippen molar-refractivity contribution in [1.82, 2.24) is 9.13 Å². The van der Waals surface area contributed by atoms with Crippen LogP contribution in [0.5, 0.6) is 0 Å². The molecular weight excluding hydrogens is 536 g/mol. The highest BCUT2D eigenvalue weighted by molar-refractivity contribution is 6.12. The van der Waals surface area contributed by atoms with Gasteiger partial charge in [-0.15, -0.1) is 0 Å². The first-order chi connectivity index (χ1) is 21.6. The molecule has 4 nitrogen and oxygen atoms in total. The molecule has 8 rings (SSSR count). The van der Waals surface area contributed by atoms with Gasteiger partial charge in [-0.05, 0) is 79.9 Å². The van der Waals surface area contributed by atoms with E-state index in [-0.39, 0.29) is 0 Å². The fraction of sp³-hybridized carbons (Fsp3) is 0.100. The van der Waals surface area contributed by atoms with Crippen molar-refractivity contribution in [3.8, 4) is 23.5 Å². The molecule has 0 aliphatic heterocycles. The first kappa shape index (κ1) is 25.8. The van der Waals surface area contributed by atoms with Crippen LogP contribution in [0.15, 0.2) is 139 Å². The first-order valence-corrected chi connectivity index (χ1v) is 14.9. The molecule has 0 amide bonds. The van der Waals surface area contributed by atoms with E-state index in [1.165, 1.54) is 32.6 Å². The lowest BCUT2D eigenvalue weighted by Gasteiger charge is -2.24. The van der Waals surface area contributed by atoms with Crippen molar-refractivity contribution < 1.29 is 0 Å². The zero-order chi connectivity index (χ0) is 29.8. The number of aromatic nitrogens is 2. The van der Waals surface area contributed by atoms with Crippen LogP contribution < -0.4 is 0 Å². The van der Waals surface area contributed by atoms with Crippen LogP contribution in [0, 0.1) is 28.1 Å². The van der Waals surface area contributed by atoms with E-state index in [9.17, 15) is 10.5 Å². The maximum Gasteiger partial charge on any atom is 0.0988 e. The number of nitriles is 2. The van der Waals surface area contributed by atoms with Crippen LogP contribution in [-0.2, 0) is 6.42 Å². The summed E-state index contributed by atoms with van der Waals surface area (Å²) in [5.74, 6) is 0. The van der Waals surface area contributed by atoms with E-state index in [2.05, 4.69) is 137 Å². The SMILES string of the molecule is CC1(C#N)C=C(C#N)C=C(Cc2ccccc2-n2c3ccccc3c3cc(-n4c5ccccc5c5ccccc54)ccc32)C1. The number of para-hydroxylation sites is 4. The molecule has 0 saturated carbocycles. The molecule has 0 fully saturated rings. The monoisotopic (exact) mass is 564 g/mol. The maximum atomic E-state index is 9.86. The first-order valence-electron chi connectivity index (χ1n) is 14.9. The predicted molar refractivity (Wildman–Crippen MR) is 179 cm³/mol. The Hall–Kier alpha value is -5.84. The van der Waals surface area contributed by atoms with E-state index in [4.69, 9.17) is 0 Å². The lowest BCUT2D eigenvalue weighted by Crippen LogP contribution is -2.17. The number of allylic oxidation sites excluding steroid dienone is 4. The largest absolute Gasteiger partial charge is 0.309 e. The Kier molecular flexibility index (Phi) is 5.80. The van der Waals surface area contributed by atoms with Gasteiger partial charge >= 0.3 is 0 Å². The molecule has 1 unspecified atom stereocenters. The number of rotatable bonds is 4. The molecule has 1 aliphatic carbocycles. The van der Waals surface area contributed by atoms with Crippen molar-refractivity contribution in [2.45, 2.75) is 19.8 Å². The van der Waals surface area contributed by atoms with Crippen LogP contribution in [0.25, 0.3) is 55.0 Å². The molecule has 4 heteroatoms. The van der Waals surface area contributed by atoms with Crippen molar-refractivity contribution >= 4 is 43.6 Å². The third-order valence-electron chi connectivity index (χ3n) is 8.96. The molecule has 0 radical (unpaired) electrons. The Bertz CT molecular complexity index is 2380. The molecule has 0 N–H and O–H groups in total. The Balaban J connectivity index is 1.32. The summed E-state index contributed by atoms with van der Waals surface area (Å²) in [7, 11) is 0. The summed E-state index contributed by atoms with van der Waals surface area (Å²) >= 11 is 0. The van der Waals surface area contributed by atoms with Crippen LogP contribution in [0.4, 0.5) is 0 Å². The topological polar surface area (TPSA) is 57.4 Å². The number of hydrogen-bond donors (Lipinski definition) is 0. The summed E-state index contributed by atoms with van der Waals surface area (Å²) in [4.78, 5) is 0. The Morgan fingerprint density at radius 1 is 0.659 bits per heavy atom. The van der Waals surface area contributed by atoms with E-state index in [1.807, 2.05) is 13.0 Å². The molecule has 2 heterocycles. The molecule has 1 aliphatic rings. The average Bonchev–Trinajstić information content (AvgIpc) is 3.57. The molecule has 208 valence electrons. The third kappa shape index (κ3) is 3.97. The number of benzene rings is 5. The van der Waals surface area contributed by atoms with Crippen molar-refractivity contribution in [3.63, 3.8) is 0 Å². The highest BCUT2D eigenvalue weighted by Gasteiger charge is 2.28. The van der Waals surface area contributed by atoms with Gasteiger partial charge in [-0.1, -0.05) is 78.4 Å². The second-order valence-electron chi connectivity index (χ2n) is 11.9. The van der Waals surface area contributed by atoms with E-state index in [0.29, 0.717) is 18.4 Å². The normalized spacial score (nSPS) is 16.6. The van der Waals surface area contributed by atoms with E-state index < -0.39 is 5.41 Å². The second-order valence-corrected chi connectivity index (χ2v) is 11.9. The van der Waals surface area contributed by atoms with Crippen LogP contribution in [-0.4, -0.2) is 9.13 Å². The summed E-state index contributed by atoms with van der Waals surface area (Å²) in [5, 5.41) is 24.4. The summed E-state index contributed by atoms with van der Waals surface area (Å²) in [6.45, 7) is 1.91. The van der Waals surface area contributed by atoms with Crippen LogP contribution >= 0.6 is 0 Å². The van der Waals surface area contributed by atoms with E-state index in [1.54, 1.807) is 6.08 Å². The van der Waals surface area contributed by atoms with Gasteiger partial charge in [0, 0.05) is 38.5 Å². The molecular formula is C40H28N4. The number of nitrogens with zero attached hydrogens (tertiary/aromatic N) is 4. The zero-order valence-corrected chi connectivity index (χ0v) is 24.3. The quantitative estimate of drug-likeness (QED) is 0.214. The lowest BCUT2D eigenvalue weighted by molar-refractivity contribution is 0.545. The smallest absolute Gasteiger partial charge is 0.0988 e. The average molecular weight is 565 g/mol. The van der Waals surface area contributed by atoms with Crippen molar-refractivity contribution in [1.29, 1.82) is 10.5 Å². The minimum absolute atomic E-state index is 0.558. The fourth-order valence-electron chi connectivity index (χ4n) is 7.11. The Morgan fingerprint density at radius 2 is 1.23 bits per heavy atom. The molecule has 0 saturated heterocycles. The highest BCUT2D eigenvalue weighted by atomic mass is 15.0. The number of hydrogen-bond acceptors (Lipinski definition) is 2. The minimum Gasteiger partial charge on any atom is -0.309 e. The van der Waals surface area contributed by atoms with Gasteiger partial charge in [-0.3, -0.25) is 0 Å². The molecule has 5 aromatic carbocycles. The summed E-state index contributed by atoms with van der Waals surface area (Å²) in [6, 6.07) is 45.8. The van der Waals surface area contributed by atoms with Gasteiger partial charge in [0.2, 0.25) is 0 Å². The van der Waals surface area contributed by atoms with Gasteiger partial charge in [0.25, 0.3) is 0 Å². The summed E-state index contributed by atoms with van der Waals surface area (Å²) < 4.78 is 4.73. The van der Waals surface area contributed by atoms with Gasteiger partial charge in [0.1, 0.15) is 0 Å². The van der Waals surface area contributed by atoms with Crippen molar-refractivity contribution in [3.05, 3.63) is 144 Å². The minimum atomic E-state index is -0.680. The Morgan fingerprint density at radius 3 is 1.89 bits per heavy atom. The predicted octanol–water partition coefficient (Wildman–Crippen LogP) is 9.73. The molecule has 44 heavy (non-hydrogen) atoms. The van der Waals surface area contributed by atoms with Crippen molar-refractivity contribution in [2.24, 2.45) is 5.41 Å². The molecule has 0 bridgehead atoms. The van der Waals surface area contributed by atoms with Crippen LogP contribution in [0.2, 0.25) is 0 Å². The van der Waals surface area contributed by atoms with Gasteiger partial charge in [-0.25, -0.2) is 0 Å². The van der Waals surface area contributed by atoms with Gasteiger partial charge in [0.05, 0.1) is 39.6 Å².